The molecule has 0 spiro atoms. The Hall–Kier alpha value is -1.72. The monoisotopic (exact) mass is 320 g/mol. The molecule has 0 aliphatic carbocycles. The minimum absolute atomic E-state index is 0.157. The Morgan fingerprint density at radius 1 is 1.17 bits per heavy atom. The molecule has 0 amide bonds. The lowest BCUT2D eigenvalue weighted by Gasteiger charge is -2.20. The number of rotatable bonds is 11. The highest BCUT2D eigenvalue weighted by Gasteiger charge is 2.22. The lowest BCUT2D eigenvalue weighted by atomic mass is 10.0. The third kappa shape index (κ3) is 6.93. The number of nitrogens with zero attached hydrogens (tertiary/aromatic N) is 1. The summed E-state index contributed by atoms with van der Waals surface area (Å²) in [5.74, 6) is -1.12. The van der Waals surface area contributed by atoms with Gasteiger partial charge in [0.05, 0.1) is 12.5 Å². The van der Waals surface area contributed by atoms with Crippen molar-refractivity contribution in [1.82, 2.24) is 10.2 Å². The predicted molar refractivity (Wildman–Crippen MR) is 92.0 cm³/mol. The number of carbonyl (C=O) groups excluding carboxylic acids is 1. The van der Waals surface area contributed by atoms with Crippen molar-refractivity contribution in [2.75, 3.05) is 26.2 Å². The zero-order valence-corrected chi connectivity index (χ0v) is 14.3. The highest BCUT2D eigenvalue weighted by Crippen LogP contribution is 2.09. The summed E-state index contributed by atoms with van der Waals surface area (Å²) in [4.78, 5) is 25.8. The summed E-state index contributed by atoms with van der Waals surface area (Å²) in [5.41, 5.74) is 1.63. The van der Waals surface area contributed by atoms with Crippen LogP contribution in [0.4, 0.5) is 0 Å². The Kier molecular flexibility index (Phi) is 8.51. The molecule has 0 heterocycles. The van der Waals surface area contributed by atoms with Crippen molar-refractivity contribution < 1.29 is 14.7 Å². The first kappa shape index (κ1) is 19.3. The van der Waals surface area contributed by atoms with Gasteiger partial charge >= 0.3 is 5.97 Å². The van der Waals surface area contributed by atoms with Crippen molar-refractivity contribution in [1.29, 1.82) is 0 Å². The molecule has 1 aromatic carbocycles. The minimum Gasteiger partial charge on any atom is -0.481 e. The number of aryl methyl sites for hydroxylation is 1. The maximum Gasteiger partial charge on any atom is 0.305 e. The van der Waals surface area contributed by atoms with E-state index in [2.05, 4.69) is 24.1 Å². The molecule has 1 aromatic rings. The molecule has 1 unspecified atom stereocenters. The van der Waals surface area contributed by atoms with Crippen LogP contribution in [0.5, 0.6) is 0 Å². The molecule has 0 aromatic heterocycles. The first-order chi connectivity index (χ1) is 11.0. The Bertz CT molecular complexity index is 495. The summed E-state index contributed by atoms with van der Waals surface area (Å²) >= 11 is 0. The number of Topliss-reactive ketones (excluding diaryl/α,β-unsaturated/α-hetero) is 1. The topological polar surface area (TPSA) is 69.6 Å². The fourth-order valence-electron chi connectivity index (χ4n) is 2.47. The fourth-order valence-corrected chi connectivity index (χ4v) is 2.47. The van der Waals surface area contributed by atoms with Crippen molar-refractivity contribution in [3.63, 3.8) is 0 Å². The van der Waals surface area contributed by atoms with Gasteiger partial charge < -0.3 is 15.3 Å². The average molecular weight is 320 g/mol. The summed E-state index contributed by atoms with van der Waals surface area (Å²) in [5, 5.41) is 12.2. The number of aliphatic carboxylic acids is 1. The van der Waals surface area contributed by atoms with Gasteiger partial charge in [-0.2, -0.15) is 0 Å². The van der Waals surface area contributed by atoms with Crippen LogP contribution in [-0.2, 0) is 4.79 Å². The molecule has 0 aliphatic rings. The zero-order valence-electron chi connectivity index (χ0n) is 14.3. The Morgan fingerprint density at radius 3 is 2.30 bits per heavy atom. The Morgan fingerprint density at radius 2 is 1.78 bits per heavy atom. The van der Waals surface area contributed by atoms with E-state index in [0.717, 1.165) is 31.6 Å². The molecule has 0 radical (unpaired) electrons. The number of hydrogen-bond donors (Lipinski definition) is 2. The largest absolute Gasteiger partial charge is 0.481 e. The van der Waals surface area contributed by atoms with Crippen molar-refractivity contribution >= 4 is 11.8 Å². The molecule has 2 N–H and O–H groups in total. The summed E-state index contributed by atoms with van der Waals surface area (Å²) in [6.45, 7) is 9.75. The zero-order chi connectivity index (χ0) is 17.2. The molecule has 0 fully saturated rings. The molecule has 5 heteroatoms. The van der Waals surface area contributed by atoms with Gasteiger partial charge in [-0.3, -0.25) is 9.59 Å². The van der Waals surface area contributed by atoms with Crippen LogP contribution < -0.4 is 5.32 Å². The number of carboxylic acids is 1. The number of nitrogens with one attached hydrogen (secondary N) is 1. The Balaban J connectivity index is 2.59. The first-order valence-corrected chi connectivity index (χ1v) is 8.26. The van der Waals surface area contributed by atoms with Gasteiger partial charge in [0.1, 0.15) is 0 Å². The quantitative estimate of drug-likeness (QED) is 0.484. The third-order valence-electron chi connectivity index (χ3n) is 3.97. The summed E-state index contributed by atoms with van der Waals surface area (Å²) < 4.78 is 0. The highest BCUT2D eigenvalue weighted by atomic mass is 16.4. The number of benzene rings is 1. The molecule has 5 nitrogen and oxygen atoms in total. The van der Waals surface area contributed by atoms with Gasteiger partial charge in [0.25, 0.3) is 0 Å². The molecule has 0 saturated carbocycles. The van der Waals surface area contributed by atoms with E-state index in [4.69, 9.17) is 5.11 Å². The van der Waals surface area contributed by atoms with Crippen molar-refractivity contribution in [2.24, 2.45) is 0 Å². The SMILES string of the molecule is CCN(CC)CCCNC(CC(=O)O)C(=O)c1ccc(C)cc1. The van der Waals surface area contributed by atoms with E-state index in [1.54, 1.807) is 12.1 Å². The summed E-state index contributed by atoms with van der Waals surface area (Å²) in [7, 11) is 0. The third-order valence-corrected chi connectivity index (χ3v) is 3.97. The summed E-state index contributed by atoms with van der Waals surface area (Å²) in [6.07, 6.45) is 0.691. The van der Waals surface area contributed by atoms with Crippen LogP contribution >= 0.6 is 0 Å². The highest BCUT2D eigenvalue weighted by molar-refractivity contribution is 6.01. The van der Waals surface area contributed by atoms with Gasteiger partial charge in [-0.15, -0.1) is 0 Å². The number of hydrogen-bond acceptors (Lipinski definition) is 4. The molecule has 128 valence electrons. The van der Waals surface area contributed by atoms with E-state index < -0.39 is 12.0 Å². The molecular formula is C18H28N2O3. The summed E-state index contributed by atoms with van der Waals surface area (Å²) in [6, 6.07) is 6.57. The smallest absolute Gasteiger partial charge is 0.305 e. The lowest BCUT2D eigenvalue weighted by Crippen LogP contribution is -2.40. The standard InChI is InChI=1S/C18H28N2O3/c1-4-20(5-2)12-6-11-19-16(13-17(21)22)18(23)15-9-7-14(3)8-10-15/h7-10,16,19H,4-6,11-13H2,1-3H3,(H,21,22). The van der Waals surface area contributed by atoms with E-state index in [1.807, 2.05) is 19.1 Å². The molecule has 1 atom stereocenters. The van der Waals surface area contributed by atoms with Crippen LogP contribution in [0.15, 0.2) is 24.3 Å². The molecule has 0 aliphatic heterocycles. The van der Waals surface area contributed by atoms with E-state index in [0.29, 0.717) is 12.1 Å². The van der Waals surface area contributed by atoms with Crippen LogP contribution in [0.25, 0.3) is 0 Å². The molecule has 1 rings (SSSR count). The lowest BCUT2D eigenvalue weighted by molar-refractivity contribution is -0.137. The number of carbonyl (C=O) groups is 2. The number of ketones is 1. The maximum absolute atomic E-state index is 12.5. The van der Waals surface area contributed by atoms with Gasteiger partial charge in [0.2, 0.25) is 0 Å². The van der Waals surface area contributed by atoms with E-state index in [9.17, 15) is 9.59 Å². The molecule has 23 heavy (non-hydrogen) atoms. The van der Waals surface area contributed by atoms with Crippen molar-refractivity contribution in [2.45, 2.75) is 39.7 Å². The molecule has 0 bridgehead atoms. The van der Waals surface area contributed by atoms with Crippen LogP contribution in [0.2, 0.25) is 0 Å². The van der Waals surface area contributed by atoms with Gasteiger partial charge in [-0.05, 0) is 39.5 Å². The normalized spacial score (nSPS) is 12.3. The van der Waals surface area contributed by atoms with Gasteiger partial charge in [-0.1, -0.05) is 43.7 Å². The van der Waals surface area contributed by atoms with Crippen molar-refractivity contribution in [3.8, 4) is 0 Å². The maximum atomic E-state index is 12.5. The van der Waals surface area contributed by atoms with E-state index >= 15 is 0 Å². The average Bonchev–Trinajstić information content (AvgIpc) is 2.53. The van der Waals surface area contributed by atoms with Crippen LogP contribution in [0.3, 0.4) is 0 Å². The molecular weight excluding hydrogens is 292 g/mol. The second kappa shape index (κ2) is 10.1. The minimum atomic E-state index is -0.966. The van der Waals surface area contributed by atoms with Gasteiger partial charge in [0, 0.05) is 5.56 Å². The van der Waals surface area contributed by atoms with Crippen LogP contribution in [0.1, 0.15) is 42.6 Å². The van der Waals surface area contributed by atoms with Crippen LogP contribution in [-0.4, -0.2) is 54.0 Å². The van der Waals surface area contributed by atoms with Crippen molar-refractivity contribution in [3.05, 3.63) is 35.4 Å². The van der Waals surface area contributed by atoms with Crippen LogP contribution in [0, 0.1) is 6.92 Å². The van der Waals surface area contributed by atoms with Gasteiger partial charge in [-0.25, -0.2) is 0 Å². The predicted octanol–water partition coefficient (Wildman–Crippen LogP) is 2.34. The number of carboxylic acid groups (broad SMARTS) is 1. The van der Waals surface area contributed by atoms with E-state index in [-0.39, 0.29) is 12.2 Å². The Labute approximate surface area is 138 Å². The van der Waals surface area contributed by atoms with Gasteiger partial charge in [0.15, 0.2) is 5.78 Å². The van der Waals surface area contributed by atoms with E-state index in [1.165, 1.54) is 0 Å². The first-order valence-electron chi connectivity index (χ1n) is 8.26. The second-order valence-corrected chi connectivity index (χ2v) is 5.72. The fraction of sp³-hybridized carbons (Fsp3) is 0.556. The molecule has 0 saturated heterocycles. The second-order valence-electron chi connectivity index (χ2n) is 5.72.